The van der Waals surface area contributed by atoms with Crippen LogP contribution < -0.4 is 5.32 Å². The topological polar surface area (TPSA) is 49.4 Å². The number of carbonyl (C=O) groups excluding carboxylic acids is 2. The molecule has 1 N–H and O–H groups in total. The molecule has 0 aliphatic carbocycles. The Bertz CT molecular complexity index is 1040. The summed E-state index contributed by atoms with van der Waals surface area (Å²) in [6.07, 6.45) is 0.438. The maximum Gasteiger partial charge on any atom is 0.243 e. The van der Waals surface area contributed by atoms with Gasteiger partial charge in [0.1, 0.15) is 11.9 Å². The Balaban J connectivity index is 1.94. The van der Waals surface area contributed by atoms with Gasteiger partial charge in [-0.25, -0.2) is 4.39 Å². The van der Waals surface area contributed by atoms with Crippen molar-refractivity contribution in [3.63, 3.8) is 0 Å². The first kappa shape index (κ1) is 23.5. The molecule has 0 saturated carbocycles. The first-order valence-corrected chi connectivity index (χ1v) is 10.9. The highest BCUT2D eigenvalue weighted by molar-refractivity contribution is 6.30. The lowest BCUT2D eigenvalue weighted by Crippen LogP contribution is -2.50. The lowest BCUT2D eigenvalue weighted by molar-refractivity contribution is -0.140. The summed E-state index contributed by atoms with van der Waals surface area (Å²) >= 11 is 6.16. The molecular formula is C26H26ClFN2O2. The van der Waals surface area contributed by atoms with E-state index in [0.29, 0.717) is 23.6 Å². The Morgan fingerprint density at radius 1 is 0.938 bits per heavy atom. The second-order valence-electron chi connectivity index (χ2n) is 7.55. The van der Waals surface area contributed by atoms with Gasteiger partial charge in [0.2, 0.25) is 11.8 Å². The number of rotatable bonds is 9. The molecule has 2 amide bonds. The quantitative estimate of drug-likeness (QED) is 0.507. The second kappa shape index (κ2) is 11.4. The van der Waals surface area contributed by atoms with Crippen LogP contribution in [0.4, 0.5) is 4.39 Å². The van der Waals surface area contributed by atoms with Gasteiger partial charge in [0.15, 0.2) is 0 Å². The molecule has 0 spiro atoms. The summed E-state index contributed by atoms with van der Waals surface area (Å²) in [7, 11) is 0. The molecule has 0 unspecified atom stereocenters. The molecule has 0 bridgehead atoms. The molecule has 3 rings (SSSR count). The lowest BCUT2D eigenvalue weighted by atomic mass is 10.0. The molecule has 6 heteroatoms. The van der Waals surface area contributed by atoms with Crippen molar-refractivity contribution in [3.05, 3.63) is 106 Å². The minimum Gasteiger partial charge on any atom is -0.355 e. The molecular weight excluding hydrogens is 427 g/mol. The number of carbonyl (C=O) groups is 2. The summed E-state index contributed by atoms with van der Waals surface area (Å²) in [6, 6.07) is 22.0. The SMILES string of the molecule is CCNC(=O)[C@H](Cc1ccccc1)N(Cc1cccc(Cl)c1)C(=O)Cc1ccc(F)cc1. The van der Waals surface area contributed by atoms with E-state index in [0.717, 1.165) is 11.1 Å². The zero-order valence-corrected chi connectivity index (χ0v) is 18.7. The van der Waals surface area contributed by atoms with Gasteiger partial charge in [-0.2, -0.15) is 0 Å². The number of nitrogens with one attached hydrogen (secondary N) is 1. The zero-order valence-electron chi connectivity index (χ0n) is 17.9. The third kappa shape index (κ3) is 6.66. The molecule has 3 aromatic carbocycles. The van der Waals surface area contributed by atoms with Crippen LogP contribution in [0, 0.1) is 5.82 Å². The highest BCUT2D eigenvalue weighted by atomic mass is 35.5. The molecule has 0 radical (unpaired) electrons. The van der Waals surface area contributed by atoms with E-state index in [-0.39, 0.29) is 30.6 Å². The molecule has 0 aliphatic rings. The van der Waals surface area contributed by atoms with Crippen LogP contribution in [0.3, 0.4) is 0 Å². The van der Waals surface area contributed by atoms with Crippen molar-refractivity contribution < 1.29 is 14.0 Å². The second-order valence-corrected chi connectivity index (χ2v) is 7.99. The van der Waals surface area contributed by atoms with Crippen molar-refractivity contribution in [1.29, 1.82) is 0 Å². The number of hydrogen-bond acceptors (Lipinski definition) is 2. The highest BCUT2D eigenvalue weighted by Gasteiger charge is 2.30. The van der Waals surface area contributed by atoms with Gasteiger partial charge in [0.05, 0.1) is 6.42 Å². The highest BCUT2D eigenvalue weighted by Crippen LogP contribution is 2.19. The third-order valence-corrected chi connectivity index (χ3v) is 5.37. The largest absolute Gasteiger partial charge is 0.355 e. The number of halogens is 2. The monoisotopic (exact) mass is 452 g/mol. The van der Waals surface area contributed by atoms with Gasteiger partial charge in [0, 0.05) is 24.5 Å². The molecule has 0 heterocycles. The first-order chi connectivity index (χ1) is 15.5. The summed E-state index contributed by atoms with van der Waals surface area (Å²) < 4.78 is 13.3. The van der Waals surface area contributed by atoms with Crippen molar-refractivity contribution in [3.8, 4) is 0 Å². The van der Waals surface area contributed by atoms with E-state index in [1.807, 2.05) is 49.4 Å². The Hall–Kier alpha value is -3.18. The molecule has 3 aromatic rings. The fourth-order valence-corrected chi connectivity index (χ4v) is 3.77. The molecule has 0 saturated heterocycles. The average Bonchev–Trinajstić information content (AvgIpc) is 2.78. The van der Waals surface area contributed by atoms with Gasteiger partial charge in [-0.05, 0) is 47.9 Å². The van der Waals surface area contributed by atoms with Crippen molar-refractivity contribution >= 4 is 23.4 Å². The van der Waals surface area contributed by atoms with Gasteiger partial charge in [-0.1, -0.05) is 66.2 Å². The predicted molar refractivity (Wildman–Crippen MR) is 125 cm³/mol. The fourth-order valence-electron chi connectivity index (χ4n) is 3.56. The number of nitrogens with zero attached hydrogens (tertiary/aromatic N) is 1. The minimum atomic E-state index is -0.704. The summed E-state index contributed by atoms with van der Waals surface area (Å²) in [5, 5.41) is 3.42. The number of benzene rings is 3. The van der Waals surface area contributed by atoms with Gasteiger partial charge >= 0.3 is 0 Å². The van der Waals surface area contributed by atoms with E-state index in [1.165, 1.54) is 12.1 Å². The predicted octanol–water partition coefficient (Wildman–Crippen LogP) is 4.80. The van der Waals surface area contributed by atoms with E-state index in [1.54, 1.807) is 29.2 Å². The van der Waals surface area contributed by atoms with Crippen molar-refractivity contribution in [1.82, 2.24) is 10.2 Å². The molecule has 4 nitrogen and oxygen atoms in total. The van der Waals surface area contributed by atoms with Crippen molar-refractivity contribution in [2.45, 2.75) is 32.4 Å². The summed E-state index contributed by atoms with van der Waals surface area (Å²) in [5.74, 6) is -0.795. The zero-order chi connectivity index (χ0) is 22.9. The normalized spacial score (nSPS) is 11.6. The molecule has 32 heavy (non-hydrogen) atoms. The van der Waals surface area contributed by atoms with Crippen LogP contribution in [0.1, 0.15) is 23.6 Å². The van der Waals surface area contributed by atoms with Crippen molar-refractivity contribution in [2.75, 3.05) is 6.54 Å². The van der Waals surface area contributed by atoms with E-state index in [2.05, 4.69) is 5.32 Å². The van der Waals surface area contributed by atoms with Crippen LogP contribution in [0.5, 0.6) is 0 Å². The standard InChI is InChI=1S/C26H26ClFN2O2/c1-2-29-26(32)24(16-19-7-4-3-5-8-19)30(18-21-9-6-10-22(27)15-21)25(31)17-20-11-13-23(28)14-12-20/h3-15,24H,2,16-18H2,1H3,(H,29,32)/t24-/m0/s1. The van der Waals surface area contributed by atoms with Crippen LogP contribution in [0.15, 0.2) is 78.9 Å². The Labute approximate surface area is 193 Å². The molecule has 1 atom stereocenters. The Morgan fingerprint density at radius 3 is 2.28 bits per heavy atom. The van der Waals surface area contributed by atoms with Gasteiger partial charge in [-0.3, -0.25) is 9.59 Å². The number of amides is 2. The molecule has 0 aliphatic heterocycles. The fraction of sp³-hybridized carbons (Fsp3) is 0.231. The average molecular weight is 453 g/mol. The first-order valence-electron chi connectivity index (χ1n) is 10.6. The minimum absolute atomic E-state index is 0.0611. The van der Waals surface area contributed by atoms with Gasteiger partial charge in [0.25, 0.3) is 0 Å². The van der Waals surface area contributed by atoms with Crippen LogP contribution in [0.25, 0.3) is 0 Å². The van der Waals surface area contributed by atoms with E-state index < -0.39 is 6.04 Å². The number of hydrogen-bond donors (Lipinski definition) is 1. The summed E-state index contributed by atoms with van der Waals surface area (Å²) in [6.45, 7) is 2.54. The molecule has 0 fully saturated rings. The Kier molecular flexibility index (Phi) is 8.40. The number of likely N-dealkylation sites (N-methyl/N-ethyl adjacent to an activating group) is 1. The van der Waals surface area contributed by atoms with Crippen molar-refractivity contribution in [2.24, 2.45) is 0 Å². The summed E-state index contributed by atoms with van der Waals surface area (Å²) in [5.41, 5.74) is 2.46. The smallest absolute Gasteiger partial charge is 0.243 e. The van der Waals surface area contributed by atoms with Crippen LogP contribution >= 0.6 is 11.6 Å². The third-order valence-electron chi connectivity index (χ3n) is 5.13. The van der Waals surface area contributed by atoms with Crippen LogP contribution in [-0.4, -0.2) is 29.3 Å². The van der Waals surface area contributed by atoms with Gasteiger partial charge in [-0.15, -0.1) is 0 Å². The van der Waals surface area contributed by atoms with E-state index in [9.17, 15) is 14.0 Å². The van der Waals surface area contributed by atoms with Crippen LogP contribution in [0.2, 0.25) is 5.02 Å². The maximum atomic E-state index is 13.4. The maximum absolute atomic E-state index is 13.4. The van der Waals surface area contributed by atoms with E-state index in [4.69, 9.17) is 11.6 Å². The summed E-state index contributed by atoms with van der Waals surface area (Å²) in [4.78, 5) is 28.1. The Morgan fingerprint density at radius 2 is 1.62 bits per heavy atom. The van der Waals surface area contributed by atoms with Gasteiger partial charge < -0.3 is 10.2 Å². The van der Waals surface area contributed by atoms with Crippen LogP contribution in [-0.2, 0) is 29.0 Å². The van der Waals surface area contributed by atoms with E-state index >= 15 is 0 Å². The lowest BCUT2D eigenvalue weighted by Gasteiger charge is -2.31. The molecule has 0 aromatic heterocycles. The molecule has 166 valence electrons.